The molecular formula is C28H31N5O2. The lowest BCUT2D eigenvalue weighted by Gasteiger charge is -2.35. The summed E-state index contributed by atoms with van der Waals surface area (Å²) in [5.41, 5.74) is 4.61. The third kappa shape index (κ3) is 5.97. The van der Waals surface area contributed by atoms with Crippen molar-refractivity contribution < 1.29 is 9.84 Å². The Morgan fingerprint density at radius 2 is 1.83 bits per heavy atom. The molecule has 1 saturated heterocycles. The van der Waals surface area contributed by atoms with Crippen LogP contribution in [0.1, 0.15) is 29.8 Å². The van der Waals surface area contributed by atoms with Gasteiger partial charge in [-0.1, -0.05) is 12.1 Å². The first-order valence-electron chi connectivity index (χ1n) is 12.4. The summed E-state index contributed by atoms with van der Waals surface area (Å²) < 4.78 is 5.84. The quantitative estimate of drug-likeness (QED) is 0.513. The number of β-amino-alcohol motifs (C(OH)–C–C–N with tert-alkyl or cyclic N) is 1. The molecule has 0 amide bonds. The number of aliphatic hydroxyl groups is 1. The fraction of sp³-hybridized carbons (Fsp3) is 0.393. The zero-order chi connectivity index (χ0) is 24.0. The first kappa shape index (κ1) is 23.3. The average molecular weight is 470 g/mol. The Morgan fingerprint density at radius 1 is 1.03 bits per heavy atom. The lowest BCUT2D eigenvalue weighted by Crippen LogP contribution is -2.47. The zero-order valence-electron chi connectivity index (χ0n) is 19.9. The van der Waals surface area contributed by atoms with E-state index in [9.17, 15) is 5.26 Å². The van der Waals surface area contributed by atoms with Crippen LogP contribution in [-0.2, 0) is 6.42 Å². The summed E-state index contributed by atoms with van der Waals surface area (Å²) in [5, 5.41) is 18.7. The average Bonchev–Trinajstić information content (AvgIpc) is 3.73. The topological polar surface area (TPSA) is 85.5 Å². The van der Waals surface area contributed by atoms with Crippen LogP contribution in [0.5, 0.6) is 5.75 Å². The molecule has 0 unspecified atom stereocenters. The maximum absolute atomic E-state index is 9.60. The van der Waals surface area contributed by atoms with Crippen LogP contribution in [0.15, 0.2) is 54.7 Å². The molecule has 1 aliphatic heterocycles. The molecule has 2 fully saturated rings. The number of benzene rings is 2. The van der Waals surface area contributed by atoms with Crippen LogP contribution in [-0.4, -0.2) is 65.9 Å². The minimum Gasteiger partial charge on any atom is -0.492 e. The molecule has 0 spiro atoms. The van der Waals surface area contributed by atoms with Crippen LogP contribution >= 0.6 is 0 Å². The molecule has 0 atom stereocenters. The van der Waals surface area contributed by atoms with E-state index in [4.69, 9.17) is 14.8 Å². The van der Waals surface area contributed by atoms with Crippen molar-refractivity contribution in [2.45, 2.75) is 19.3 Å². The molecule has 1 aromatic heterocycles. The number of ether oxygens (including phenoxy) is 1. The van der Waals surface area contributed by atoms with Crippen molar-refractivity contribution in [2.24, 2.45) is 5.92 Å². The Kier molecular flexibility index (Phi) is 7.22. The maximum Gasteiger partial charge on any atom is 0.137 e. The highest BCUT2D eigenvalue weighted by molar-refractivity contribution is 5.64. The van der Waals surface area contributed by atoms with Gasteiger partial charge in [-0.05, 0) is 60.7 Å². The summed E-state index contributed by atoms with van der Waals surface area (Å²) in [6.07, 6.45) is 4.86. The molecule has 2 aliphatic rings. The van der Waals surface area contributed by atoms with Crippen LogP contribution < -0.4 is 9.64 Å². The van der Waals surface area contributed by atoms with Gasteiger partial charge in [0.05, 0.1) is 24.5 Å². The van der Waals surface area contributed by atoms with Crippen molar-refractivity contribution in [3.8, 4) is 23.1 Å². The Labute approximate surface area is 206 Å². The van der Waals surface area contributed by atoms with Crippen LogP contribution in [0.2, 0.25) is 0 Å². The van der Waals surface area contributed by atoms with Gasteiger partial charge >= 0.3 is 0 Å². The smallest absolute Gasteiger partial charge is 0.137 e. The summed E-state index contributed by atoms with van der Waals surface area (Å²) in [4.78, 5) is 13.9. The SMILES string of the molecule is N#Cc1cc(-c2ccnc(Cc3ccc(N4CCN(CCO)CC4)cc3)n2)ccc1OCC1CC1. The van der Waals surface area contributed by atoms with Gasteiger partial charge in [-0.25, -0.2) is 9.97 Å². The van der Waals surface area contributed by atoms with Crippen LogP contribution in [0, 0.1) is 17.2 Å². The van der Waals surface area contributed by atoms with Gasteiger partial charge in [0, 0.05) is 56.6 Å². The van der Waals surface area contributed by atoms with Gasteiger partial charge in [0.25, 0.3) is 0 Å². The Bertz CT molecular complexity index is 1180. The maximum atomic E-state index is 9.60. The fourth-order valence-electron chi connectivity index (χ4n) is 4.42. The summed E-state index contributed by atoms with van der Waals surface area (Å²) >= 11 is 0. The standard InChI is InChI=1S/C28H31N5O2/c29-19-24-18-23(5-8-27(24)35-20-22-1-2-22)26-9-10-30-28(31-26)17-21-3-6-25(7-4-21)33-13-11-32(12-14-33)15-16-34/h3-10,18,22,34H,1-2,11-17,20H2. The second-order valence-corrected chi connectivity index (χ2v) is 9.33. The van der Waals surface area contributed by atoms with Gasteiger partial charge in [-0.15, -0.1) is 0 Å². The van der Waals surface area contributed by atoms with E-state index in [1.165, 1.54) is 18.5 Å². The summed E-state index contributed by atoms with van der Waals surface area (Å²) in [7, 11) is 0. The van der Waals surface area contributed by atoms with E-state index in [-0.39, 0.29) is 6.61 Å². The van der Waals surface area contributed by atoms with Crippen molar-refractivity contribution in [2.75, 3.05) is 50.8 Å². The van der Waals surface area contributed by atoms with Crippen molar-refractivity contribution in [3.05, 3.63) is 71.7 Å². The lowest BCUT2D eigenvalue weighted by molar-refractivity contribution is 0.189. The number of aliphatic hydroxyl groups excluding tert-OH is 1. The number of piperazine rings is 1. The van der Waals surface area contributed by atoms with Crippen molar-refractivity contribution >= 4 is 5.69 Å². The predicted octanol–water partition coefficient (Wildman–Crippen LogP) is 3.51. The highest BCUT2D eigenvalue weighted by Gasteiger charge is 2.22. The summed E-state index contributed by atoms with van der Waals surface area (Å²) in [6, 6.07) is 18.4. The molecule has 5 rings (SSSR count). The molecule has 180 valence electrons. The van der Waals surface area contributed by atoms with Gasteiger partial charge in [0.15, 0.2) is 0 Å². The van der Waals surface area contributed by atoms with E-state index in [0.29, 0.717) is 30.3 Å². The molecule has 1 N–H and O–H groups in total. The van der Waals surface area contributed by atoms with E-state index >= 15 is 0 Å². The van der Waals surface area contributed by atoms with E-state index in [1.807, 2.05) is 24.3 Å². The zero-order valence-corrected chi connectivity index (χ0v) is 19.9. The monoisotopic (exact) mass is 469 g/mol. The van der Waals surface area contributed by atoms with Gasteiger partial charge < -0.3 is 14.7 Å². The number of nitriles is 1. The molecule has 1 saturated carbocycles. The van der Waals surface area contributed by atoms with Gasteiger partial charge in [-0.2, -0.15) is 5.26 Å². The highest BCUT2D eigenvalue weighted by atomic mass is 16.5. The van der Waals surface area contributed by atoms with Crippen LogP contribution in [0.25, 0.3) is 11.3 Å². The molecule has 3 aromatic rings. The Morgan fingerprint density at radius 3 is 2.54 bits per heavy atom. The van der Waals surface area contributed by atoms with E-state index in [2.05, 4.69) is 45.1 Å². The van der Waals surface area contributed by atoms with Crippen molar-refractivity contribution in [3.63, 3.8) is 0 Å². The highest BCUT2D eigenvalue weighted by Crippen LogP contribution is 2.31. The number of hydrogen-bond donors (Lipinski definition) is 1. The second-order valence-electron chi connectivity index (χ2n) is 9.33. The molecule has 7 nitrogen and oxygen atoms in total. The van der Waals surface area contributed by atoms with Crippen molar-refractivity contribution in [1.29, 1.82) is 5.26 Å². The second kappa shape index (κ2) is 10.9. The third-order valence-electron chi connectivity index (χ3n) is 6.72. The first-order valence-corrected chi connectivity index (χ1v) is 12.4. The molecule has 35 heavy (non-hydrogen) atoms. The molecule has 2 heterocycles. The summed E-state index contributed by atoms with van der Waals surface area (Å²) in [5.74, 6) is 2.04. The van der Waals surface area contributed by atoms with Gasteiger partial charge in [0.2, 0.25) is 0 Å². The van der Waals surface area contributed by atoms with Crippen LogP contribution in [0.4, 0.5) is 5.69 Å². The largest absolute Gasteiger partial charge is 0.492 e. The number of aromatic nitrogens is 2. The first-order chi connectivity index (χ1) is 17.2. The molecule has 2 aromatic carbocycles. The number of anilines is 1. The minimum absolute atomic E-state index is 0.220. The number of rotatable bonds is 9. The van der Waals surface area contributed by atoms with Gasteiger partial charge in [-0.3, -0.25) is 4.90 Å². The van der Waals surface area contributed by atoms with E-state index in [1.54, 1.807) is 6.20 Å². The molecule has 1 aliphatic carbocycles. The number of hydrogen-bond acceptors (Lipinski definition) is 7. The molecule has 7 heteroatoms. The Hall–Kier alpha value is -3.47. The van der Waals surface area contributed by atoms with E-state index in [0.717, 1.165) is 55.4 Å². The predicted molar refractivity (Wildman–Crippen MR) is 135 cm³/mol. The number of nitrogens with zero attached hydrogens (tertiary/aromatic N) is 5. The Balaban J connectivity index is 1.23. The van der Waals surface area contributed by atoms with Crippen LogP contribution in [0.3, 0.4) is 0 Å². The minimum atomic E-state index is 0.220. The third-order valence-corrected chi connectivity index (χ3v) is 6.72. The van der Waals surface area contributed by atoms with Gasteiger partial charge in [0.1, 0.15) is 17.6 Å². The molecule has 0 bridgehead atoms. The fourth-order valence-corrected chi connectivity index (χ4v) is 4.42. The molecular weight excluding hydrogens is 438 g/mol. The summed E-state index contributed by atoms with van der Waals surface area (Å²) in [6.45, 7) is 5.55. The molecule has 0 radical (unpaired) electrons. The lowest BCUT2D eigenvalue weighted by atomic mass is 10.1. The van der Waals surface area contributed by atoms with Crippen molar-refractivity contribution in [1.82, 2.24) is 14.9 Å². The normalized spacial score (nSPS) is 16.2. The van der Waals surface area contributed by atoms with E-state index < -0.39 is 0 Å².